The summed E-state index contributed by atoms with van der Waals surface area (Å²) in [6, 6.07) is 9.97. The van der Waals surface area contributed by atoms with Crippen LogP contribution in [0.3, 0.4) is 0 Å². The minimum absolute atomic E-state index is 0. The molecule has 1 saturated heterocycles. The van der Waals surface area contributed by atoms with E-state index in [1.165, 1.54) is 25.7 Å². The van der Waals surface area contributed by atoms with Crippen LogP contribution in [-0.2, 0) is 11.3 Å². The summed E-state index contributed by atoms with van der Waals surface area (Å²) in [6.07, 6.45) is 5.42. The summed E-state index contributed by atoms with van der Waals surface area (Å²) >= 11 is 0. The van der Waals surface area contributed by atoms with E-state index >= 15 is 0 Å². The molecule has 0 spiro atoms. The van der Waals surface area contributed by atoms with Crippen molar-refractivity contribution in [2.75, 3.05) is 26.2 Å². The Hall–Kier alpha value is -1.31. The van der Waals surface area contributed by atoms with Gasteiger partial charge in [-0.25, -0.2) is 4.99 Å². The number of guanidine groups is 1. The fourth-order valence-electron chi connectivity index (χ4n) is 4.00. The zero-order chi connectivity index (χ0) is 17.5. The molecule has 2 N–H and O–H groups in total. The number of nitrogens with one attached hydrogen (secondary N) is 2. The van der Waals surface area contributed by atoms with Crippen LogP contribution in [0.4, 0.5) is 0 Å². The van der Waals surface area contributed by atoms with Crippen LogP contribution in [0.2, 0.25) is 0 Å². The molecule has 0 aromatic heterocycles. The fourth-order valence-corrected chi connectivity index (χ4v) is 4.00. The highest BCUT2D eigenvalue weighted by Crippen LogP contribution is 2.35. The molecule has 5 nitrogen and oxygen atoms in total. The van der Waals surface area contributed by atoms with Crippen molar-refractivity contribution >= 4 is 35.8 Å². The number of amides is 1. The molecule has 2 aliphatic rings. The molecule has 2 atom stereocenters. The second kappa shape index (κ2) is 10.7. The summed E-state index contributed by atoms with van der Waals surface area (Å²) in [7, 11) is 0. The molecule has 2 fully saturated rings. The molecular weight excluding hydrogens is 439 g/mol. The van der Waals surface area contributed by atoms with Crippen molar-refractivity contribution in [3.05, 3.63) is 35.9 Å². The van der Waals surface area contributed by atoms with E-state index in [0.717, 1.165) is 43.0 Å². The summed E-state index contributed by atoms with van der Waals surface area (Å²) in [4.78, 5) is 19.1. The van der Waals surface area contributed by atoms with Crippen molar-refractivity contribution in [1.29, 1.82) is 0 Å². The zero-order valence-corrected chi connectivity index (χ0v) is 17.9. The first-order valence-electron chi connectivity index (χ1n) is 9.60. The van der Waals surface area contributed by atoms with Crippen molar-refractivity contribution < 1.29 is 4.79 Å². The Morgan fingerprint density at radius 1 is 1.12 bits per heavy atom. The Bertz CT molecular complexity index is 579. The molecule has 1 aliphatic heterocycles. The summed E-state index contributed by atoms with van der Waals surface area (Å²) in [6.45, 7) is 5.81. The van der Waals surface area contributed by atoms with Crippen LogP contribution in [0.1, 0.15) is 38.2 Å². The van der Waals surface area contributed by atoms with E-state index in [9.17, 15) is 4.79 Å². The average Bonchev–Trinajstić information content (AvgIpc) is 3.08. The number of fused-ring (bicyclic) bond motifs is 1. The first kappa shape index (κ1) is 21.0. The molecule has 2 unspecified atom stereocenters. The molecule has 1 amide bonds. The van der Waals surface area contributed by atoms with Gasteiger partial charge in [0.1, 0.15) is 6.54 Å². The third kappa shape index (κ3) is 5.86. The number of hydrogen-bond donors (Lipinski definition) is 2. The number of carbonyl (C=O) groups excluding carboxylic acids is 1. The van der Waals surface area contributed by atoms with Crippen molar-refractivity contribution in [3.63, 3.8) is 0 Å². The minimum atomic E-state index is -0.0316. The number of benzene rings is 1. The molecule has 144 valence electrons. The normalized spacial score (nSPS) is 22.3. The maximum absolute atomic E-state index is 12.1. The summed E-state index contributed by atoms with van der Waals surface area (Å²) in [5.74, 6) is 2.48. The van der Waals surface area contributed by atoms with E-state index < -0.39 is 0 Å². The van der Waals surface area contributed by atoms with Crippen LogP contribution in [0.25, 0.3) is 0 Å². The molecular formula is C20H31IN4O. The number of carbonyl (C=O) groups is 1. The van der Waals surface area contributed by atoms with Crippen LogP contribution < -0.4 is 10.6 Å². The predicted molar refractivity (Wildman–Crippen MR) is 117 cm³/mol. The number of likely N-dealkylation sites (tertiary alicyclic amines) is 1. The van der Waals surface area contributed by atoms with E-state index in [0.29, 0.717) is 6.54 Å². The monoisotopic (exact) mass is 470 g/mol. The maximum Gasteiger partial charge on any atom is 0.242 e. The molecule has 6 heteroatoms. The molecule has 1 heterocycles. The molecule has 0 bridgehead atoms. The van der Waals surface area contributed by atoms with Gasteiger partial charge in [-0.15, -0.1) is 24.0 Å². The zero-order valence-electron chi connectivity index (χ0n) is 15.6. The van der Waals surface area contributed by atoms with Crippen LogP contribution >= 0.6 is 24.0 Å². The SMILES string of the molecule is CCNC(=NCC(=O)NCc1ccccc1)N1CC2CCCCC2C1.I. The first-order chi connectivity index (χ1) is 12.3. The van der Waals surface area contributed by atoms with Gasteiger partial charge in [0.25, 0.3) is 0 Å². The van der Waals surface area contributed by atoms with Gasteiger partial charge in [-0.2, -0.15) is 0 Å². The highest BCUT2D eigenvalue weighted by molar-refractivity contribution is 14.0. The van der Waals surface area contributed by atoms with Crippen LogP contribution in [0.5, 0.6) is 0 Å². The number of rotatable bonds is 5. The van der Waals surface area contributed by atoms with Gasteiger partial charge in [-0.1, -0.05) is 43.2 Å². The van der Waals surface area contributed by atoms with Gasteiger partial charge in [0.2, 0.25) is 5.91 Å². The topological polar surface area (TPSA) is 56.7 Å². The summed E-state index contributed by atoms with van der Waals surface area (Å²) < 4.78 is 0. The largest absolute Gasteiger partial charge is 0.357 e. The van der Waals surface area contributed by atoms with E-state index in [-0.39, 0.29) is 36.4 Å². The van der Waals surface area contributed by atoms with Gasteiger partial charge in [-0.3, -0.25) is 4.79 Å². The second-order valence-corrected chi connectivity index (χ2v) is 7.14. The lowest BCUT2D eigenvalue weighted by Gasteiger charge is -2.22. The van der Waals surface area contributed by atoms with Crippen LogP contribution in [0.15, 0.2) is 35.3 Å². The molecule has 1 aromatic carbocycles. The second-order valence-electron chi connectivity index (χ2n) is 7.14. The molecule has 26 heavy (non-hydrogen) atoms. The molecule has 1 aromatic rings. The predicted octanol–water partition coefficient (Wildman–Crippen LogP) is 3.01. The Morgan fingerprint density at radius 2 is 1.77 bits per heavy atom. The van der Waals surface area contributed by atoms with Crippen molar-refractivity contribution in [2.45, 2.75) is 39.2 Å². The highest BCUT2D eigenvalue weighted by atomic mass is 127. The lowest BCUT2D eigenvalue weighted by atomic mass is 9.82. The molecule has 0 radical (unpaired) electrons. The van der Waals surface area contributed by atoms with Gasteiger partial charge in [0.15, 0.2) is 5.96 Å². The van der Waals surface area contributed by atoms with E-state index in [4.69, 9.17) is 0 Å². The average molecular weight is 470 g/mol. The molecule has 1 aliphatic carbocycles. The van der Waals surface area contributed by atoms with Gasteiger partial charge in [0, 0.05) is 26.2 Å². The smallest absolute Gasteiger partial charge is 0.242 e. The fraction of sp³-hybridized carbons (Fsp3) is 0.600. The van der Waals surface area contributed by atoms with Crippen molar-refractivity contribution in [3.8, 4) is 0 Å². The number of aliphatic imine (C=N–C) groups is 1. The quantitative estimate of drug-likeness (QED) is 0.395. The first-order valence-corrected chi connectivity index (χ1v) is 9.60. The van der Waals surface area contributed by atoms with E-state index in [2.05, 4.69) is 27.4 Å². The number of halogens is 1. The van der Waals surface area contributed by atoms with Gasteiger partial charge in [-0.05, 0) is 37.2 Å². The molecule has 3 rings (SSSR count). The third-order valence-electron chi connectivity index (χ3n) is 5.32. The summed E-state index contributed by atoms with van der Waals surface area (Å²) in [5, 5.41) is 6.30. The van der Waals surface area contributed by atoms with Crippen LogP contribution in [0, 0.1) is 11.8 Å². The Kier molecular flexibility index (Phi) is 8.68. The lowest BCUT2D eigenvalue weighted by molar-refractivity contribution is -0.119. The van der Waals surface area contributed by atoms with E-state index in [1.54, 1.807) is 0 Å². The Labute approximate surface area is 174 Å². The lowest BCUT2D eigenvalue weighted by Crippen LogP contribution is -2.41. The Balaban J connectivity index is 0.00000243. The van der Waals surface area contributed by atoms with Crippen molar-refractivity contribution in [2.24, 2.45) is 16.8 Å². The van der Waals surface area contributed by atoms with E-state index in [1.807, 2.05) is 30.3 Å². The highest BCUT2D eigenvalue weighted by Gasteiger charge is 2.35. The minimum Gasteiger partial charge on any atom is -0.357 e. The molecule has 1 saturated carbocycles. The van der Waals surface area contributed by atoms with Gasteiger partial charge in [0.05, 0.1) is 0 Å². The van der Waals surface area contributed by atoms with Crippen LogP contribution in [-0.4, -0.2) is 42.9 Å². The summed E-state index contributed by atoms with van der Waals surface area (Å²) in [5.41, 5.74) is 1.11. The number of nitrogens with zero attached hydrogens (tertiary/aromatic N) is 2. The Morgan fingerprint density at radius 3 is 2.38 bits per heavy atom. The maximum atomic E-state index is 12.1. The standard InChI is InChI=1S/C20H30N4O.HI/c1-2-21-20(24-14-17-10-6-7-11-18(17)15-24)23-13-19(25)22-12-16-8-4-3-5-9-16;/h3-5,8-9,17-18H,2,6-7,10-15H2,1H3,(H,21,23)(H,22,25);1H. The third-order valence-corrected chi connectivity index (χ3v) is 5.32. The van der Waals surface area contributed by atoms with Crippen molar-refractivity contribution in [1.82, 2.24) is 15.5 Å². The number of hydrogen-bond acceptors (Lipinski definition) is 2. The van der Waals surface area contributed by atoms with Gasteiger partial charge < -0.3 is 15.5 Å². The van der Waals surface area contributed by atoms with Gasteiger partial charge >= 0.3 is 0 Å².